The molecule has 10 heteroatoms. The van der Waals surface area contributed by atoms with E-state index >= 15 is 0 Å². The summed E-state index contributed by atoms with van der Waals surface area (Å²) >= 11 is 6.08. The summed E-state index contributed by atoms with van der Waals surface area (Å²) in [6, 6.07) is 10.2. The Bertz CT molecular complexity index is 1000. The first-order chi connectivity index (χ1) is 15.5. The number of rotatable bonds is 5. The predicted molar refractivity (Wildman–Crippen MR) is 122 cm³/mol. The third kappa shape index (κ3) is 4.58. The zero-order valence-corrected chi connectivity index (χ0v) is 18.6. The van der Waals surface area contributed by atoms with Crippen molar-refractivity contribution in [1.29, 1.82) is 0 Å². The summed E-state index contributed by atoms with van der Waals surface area (Å²) in [5.41, 5.74) is 2.05. The Kier molecular flexibility index (Phi) is 6.66. The number of amides is 1. The van der Waals surface area contributed by atoms with E-state index in [1.54, 1.807) is 35.2 Å². The number of nitro benzene ring substituents is 1. The number of ether oxygens (including phenoxy) is 2. The summed E-state index contributed by atoms with van der Waals surface area (Å²) in [6.45, 7) is 4.63. The van der Waals surface area contributed by atoms with Crippen LogP contribution >= 0.6 is 11.6 Å². The molecular formula is C22H25ClN4O5. The van der Waals surface area contributed by atoms with Crippen LogP contribution in [0.5, 0.6) is 5.75 Å². The molecule has 0 bridgehead atoms. The Morgan fingerprint density at radius 3 is 2.41 bits per heavy atom. The fourth-order valence-corrected chi connectivity index (χ4v) is 4.28. The average molecular weight is 461 g/mol. The van der Waals surface area contributed by atoms with Gasteiger partial charge in [0, 0.05) is 56.0 Å². The standard InChI is InChI=1S/C22H25ClN4O5/c1-31-21-5-2-16(23)14-18(21)22(28)26-8-6-24(7-9-26)17-3-4-19(27(29)30)20(15-17)25-10-12-32-13-11-25/h2-5,14-15H,6-13H2,1H3. The maximum absolute atomic E-state index is 13.0. The fourth-order valence-electron chi connectivity index (χ4n) is 4.11. The van der Waals surface area contributed by atoms with Crippen LogP contribution in [0.2, 0.25) is 5.02 Å². The minimum absolute atomic E-state index is 0.0949. The van der Waals surface area contributed by atoms with Gasteiger partial charge in [-0.25, -0.2) is 0 Å². The number of benzene rings is 2. The second-order valence-electron chi connectivity index (χ2n) is 7.65. The Hall–Kier alpha value is -3.04. The zero-order valence-electron chi connectivity index (χ0n) is 17.8. The summed E-state index contributed by atoms with van der Waals surface area (Å²) in [5.74, 6) is 0.369. The first-order valence-corrected chi connectivity index (χ1v) is 10.8. The molecule has 2 aliphatic heterocycles. The summed E-state index contributed by atoms with van der Waals surface area (Å²) in [5, 5.41) is 12.0. The van der Waals surface area contributed by atoms with Gasteiger partial charge >= 0.3 is 0 Å². The normalized spacial score (nSPS) is 16.8. The van der Waals surface area contributed by atoms with Crippen molar-refractivity contribution in [2.75, 3.05) is 69.4 Å². The number of methoxy groups -OCH3 is 1. The number of nitro groups is 1. The SMILES string of the molecule is COc1ccc(Cl)cc1C(=O)N1CCN(c2ccc([N+](=O)[O-])c(N3CCOCC3)c2)CC1. The molecule has 2 aromatic rings. The Labute approximate surface area is 191 Å². The van der Waals surface area contributed by atoms with Gasteiger partial charge in [-0.05, 0) is 30.3 Å². The van der Waals surface area contributed by atoms with Gasteiger partial charge < -0.3 is 24.2 Å². The maximum Gasteiger partial charge on any atom is 0.292 e. The van der Waals surface area contributed by atoms with Crippen LogP contribution < -0.4 is 14.5 Å². The van der Waals surface area contributed by atoms with Crippen LogP contribution in [-0.4, -0.2) is 75.3 Å². The molecule has 0 N–H and O–H groups in total. The molecule has 2 aliphatic rings. The quantitative estimate of drug-likeness (QED) is 0.500. The second-order valence-corrected chi connectivity index (χ2v) is 8.09. The van der Waals surface area contributed by atoms with Crippen LogP contribution in [-0.2, 0) is 4.74 Å². The summed E-state index contributed by atoms with van der Waals surface area (Å²) in [6.07, 6.45) is 0. The molecule has 2 saturated heterocycles. The summed E-state index contributed by atoms with van der Waals surface area (Å²) < 4.78 is 10.7. The van der Waals surface area contributed by atoms with E-state index in [1.807, 2.05) is 11.0 Å². The predicted octanol–water partition coefficient (Wildman–Crippen LogP) is 3.06. The lowest BCUT2D eigenvalue weighted by Gasteiger charge is -2.37. The second kappa shape index (κ2) is 9.62. The highest BCUT2D eigenvalue weighted by Gasteiger charge is 2.27. The molecule has 0 atom stereocenters. The lowest BCUT2D eigenvalue weighted by atomic mass is 10.1. The van der Waals surface area contributed by atoms with Gasteiger partial charge in [0.2, 0.25) is 0 Å². The van der Waals surface area contributed by atoms with Crippen LogP contribution in [0.1, 0.15) is 10.4 Å². The third-order valence-corrected chi connectivity index (χ3v) is 6.07. The van der Waals surface area contributed by atoms with Gasteiger partial charge in [-0.3, -0.25) is 14.9 Å². The van der Waals surface area contributed by atoms with Crippen molar-refractivity contribution in [2.24, 2.45) is 0 Å². The van der Waals surface area contributed by atoms with E-state index in [2.05, 4.69) is 4.90 Å². The average Bonchev–Trinajstić information content (AvgIpc) is 2.83. The largest absolute Gasteiger partial charge is 0.496 e. The van der Waals surface area contributed by atoms with E-state index in [-0.39, 0.29) is 16.5 Å². The van der Waals surface area contributed by atoms with Gasteiger partial charge in [0.25, 0.3) is 11.6 Å². The lowest BCUT2D eigenvalue weighted by molar-refractivity contribution is -0.384. The number of hydrogen-bond acceptors (Lipinski definition) is 7. The molecule has 170 valence electrons. The molecule has 1 amide bonds. The topological polar surface area (TPSA) is 88.4 Å². The Morgan fingerprint density at radius 2 is 1.75 bits per heavy atom. The molecule has 2 heterocycles. The minimum Gasteiger partial charge on any atom is -0.496 e. The molecule has 2 fully saturated rings. The highest BCUT2D eigenvalue weighted by Crippen LogP contribution is 2.34. The van der Waals surface area contributed by atoms with Gasteiger partial charge in [-0.1, -0.05) is 11.6 Å². The van der Waals surface area contributed by atoms with E-state index < -0.39 is 0 Å². The highest BCUT2D eigenvalue weighted by molar-refractivity contribution is 6.31. The number of halogens is 1. The van der Waals surface area contributed by atoms with Crippen molar-refractivity contribution in [3.05, 3.63) is 57.1 Å². The van der Waals surface area contributed by atoms with Crippen molar-refractivity contribution in [3.8, 4) is 5.75 Å². The monoisotopic (exact) mass is 460 g/mol. The van der Waals surface area contributed by atoms with E-state index in [0.29, 0.717) is 74.5 Å². The zero-order chi connectivity index (χ0) is 22.7. The van der Waals surface area contributed by atoms with Crippen molar-refractivity contribution >= 4 is 34.6 Å². The van der Waals surface area contributed by atoms with Gasteiger partial charge in [0.05, 0.1) is 30.8 Å². The molecule has 2 aromatic carbocycles. The minimum atomic E-state index is -0.344. The van der Waals surface area contributed by atoms with Crippen LogP contribution in [0, 0.1) is 10.1 Å². The van der Waals surface area contributed by atoms with Crippen LogP contribution in [0.4, 0.5) is 17.1 Å². The van der Waals surface area contributed by atoms with E-state index in [0.717, 1.165) is 5.69 Å². The maximum atomic E-state index is 13.0. The number of piperazine rings is 1. The van der Waals surface area contributed by atoms with Gasteiger partial charge in [-0.15, -0.1) is 0 Å². The first-order valence-electron chi connectivity index (χ1n) is 10.5. The highest BCUT2D eigenvalue weighted by atomic mass is 35.5. The molecule has 0 aromatic heterocycles. The van der Waals surface area contributed by atoms with Crippen molar-refractivity contribution in [1.82, 2.24) is 4.90 Å². The van der Waals surface area contributed by atoms with Crippen molar-refractivity contribution < 1.29 is 19.2 Å². The fraction of sp³-hybridized carbons (Fsp3) is 0.409. The molecule has 32 heavy (non-hydrogen) atoms. The number of morpholine rings is 1. The van der Waals surface area contributed by atoms with Crippen molar-refractivity contribution in [3.63, 3.8) is 0 Å². The number of carbonyl (C=O) groups excluding carboxylic acids is 1. The molecular weight excluding hydrogens is 436 g/mol. The van der Waals surface area contributed by atoms with E-state index in [9.17, 15) is 14.9 Å². The lowest BCUT2D eigenvalue weighted by Crippen LogP contribution is -2.49. The Balaban J connectivity index is 1.49. The van der Waals surface area contributed by atoms with Crippen LogP contribution in [0.15, 0.2) is 36.4 Å². The van der Waals surface area contributed by atoms with E-state index in [1.165, 1.54) is 7.11 Å². The summed E-state index contributed by atoms with van der Waals surface area (Å²) in [7, 11) is 1.53. The van der Waals surface area contributed by atoms with E-state index in [4.69, 9.17) is 21.1 Å². The smallest absolute Gasteiger partial charge is 0.292 e. The molecule has 0 saturated carbocycles. The molecule has 0 spiro atoms. The number of anilines is 2. The molecule has 0 aliphatic carbocycles. The number of carbonyl (C=O) groups is 1. The van der Waals surface area contributed by atoms with Crippen LogP contribution in [0.25, 0.3) is 0 Å². The van der Waals surface area contributed by atoms with Gasteiger partial charge in [-0.2, -0.15) is 0 Å². The molecule has 9 nitrogen and oxygen atoms in total. The molecule has 0 radical (unpaired) electrons. The van der Waals surface area contributed by atoms with Crippen molar-refractivity contribution in [2.45, 2.75) is 0 Å². The molecule has 0 unspecified atom stereocenters. The Morgan fingerprint density at radius 1 is 1.03 bits per heavy atom. The summed E-state index contributed by atoms with van der Waals surface area (Å²) in [4.78, 5) is 30.2. The molecule has 4 rings (SSSR count). The number of hydrogen-bond donors (Lipinski definition) is 0. The first kappa shape index (κ1) is 22.2. The van der Waals surface area contributed by atoms with Gasteiger partial charge in [0.15, 0.2) is 0 Å². The number of nitrogens with zero attached hydrogens (tertiary/aromatic N) is 4. The third-order valence-electron chi connectivity index (χ3n) is 5.83. The van der Waals surface area contributed by atoms with Gasteiger partial charge in [0.1, 0.15) is 11.4 Å². The van der Waals surface area contributed by atoms with Crippen LogP contribution in [0.3, 0.4) is 0 Å².